The van der Waals surface area contributed by atoms with Crippen molar-refractivity contribution in [1.82, 2.24) is 0 Å². The van der Waals surface area contributed by atoms with E-state index in [0.717, 1.165) is 27.8 Å². The van der Waals surface area contributed by atoms with Crippen LogP contribution < -0.4 is 0 Å². The van der Waals surface area contributed by atoms with Gasteiger partial charge in [0.15, 0.2) is 0 Å². The molecule has 0 aromatic heterocycles. The molecule has 104 valence electrons. The van der Waals surface area contributed by atoms with Gasteiger partial charge >= 0.3 is 0 Å². The van der Waals surface area contributed by atoms with Crippen molar-refractivity contribution in [3.8, 4) is 33.8 Å². The minimum absolute atomic E-state index is 0.0863. The Morgan fingerprint density at radius 2 is 1.10 bits per heavy atom. The average molecular weight is 276 g/mol. The first-order valence-corrected chi connectivity index (χ1v) is 6.85. The predicted octanol–water partition coefficient (Wildman–Crippen LogP) is 4.74. The van der Waals surface area contributed by atoms with Crippen molar-refractivity contribution < 1.29 is 10.2 Å². The molecular formula is C19H16O2. The van der Waals surface area contributed by atoms with Crippen molar-refractivity contribution in [2.45, 2.75) is 6.92 Å². The van der Waals surface area contributed by atoms with Crippen molar-refractivity contribution in [1.29, 1.82) is 0 Å². The highest BCUT2D eigenvalue weighted by Crippen LogP contribution is 2.44. The zero-order chi connectivity index (χ0) is 14.8. The number of aromatic hydroxyl groups is 2. The summed E-state index contributed by atoms with van der Waals surface area (Å²) in [5.41, 5.74) is 4.27. The van der Waals surface area contributed by atoms with E-state index >= 15 is 0 Å². The van der Waals surface area contributed by atoms with E-state index in [1.54, 1.807) is 0 Å². The molecule has 2 nitrogen and oxygen atoms in total. The molecule has 3 aromatic rings. The molecule has 0 heterocycles. The fourth-order valence-corrected chi connectivity index (χ4v) is 2.62. The second kappa shape index (κ2) is 5.33. The third-order valence-electron chi connectivity index (χ3n) is 3.66. The number of benzene rings is 3. The van der Waals surface area contributed by atoms with Crippen LogP contribution >= 0.6 is 0 Å². The summed E-state index contributed by atoms with van der Waals surface area (Å²) in [6, 6.07) is 20.9. The molecule has 0 radical (unpaired) electrons. The first-order chi connectivity index (χ1) is 10.2. The maximum Gasteiger partial charge on any atom is 0.127 e. The summed E-state index contributed by atoms with van der Waals surface area (Å²) >= 11 is 0. The van der Waals surface area contributed by atoms with Crippen molar-refractivity contribution in [2.24, 2.45) is 0 Å². The van der Waals surface area contributed by atoms with Gasteiger partial charge in [-0.05, 0) is 29.2 Å². The summed E-state index contributed by atoms with van der Waals surface area (Å²) in [5.74, 6) is 0.189. The smallest absolute Gasteiger partial charge is 0.127 e. The van der Waals surface area contributed by atoms with Crippen molar-refractivity contribution in [3.63, 3.8) is 0 Å². The highest BCUT2D eigenvalue weighted by molar-refractivity contribution is 5.90. The van der Waals surface area contributed by atoms with Gasteiger partial charge in [-0.15, -0.1) is 0 Å². The van der Waals surface area contributed by atoms with Gasteiger partial charge in [0.25, 0.3) is 0 Å². The van der Waals surface area contributed by atoms with Crippen LogP contribution in [0, 0.1) is 6.92 Å². The minimum Gasteiger partial charge on any atom is -0.508 e. The molecule has 0 atom stereocenters. The molecule has 0 aliphatic carbocycles. The normalized spacial score (nSPS) is 10.5. The average Bonchev–Trinajstić information content (AvgIpc) is 2.52. The third-order valence-corrected chi connectivity index (χ3v) is 3.66. The molecule has 0 saturated heterocycles. The summed E-state index contributed by atoms with van der Waals surface area (Å²) in [7, 11) is 0. The summed E-state index contributed by atoms with van der Waals surface area (Å²) in [5, 5.41) is 20.4. The Hall–Kier alpha value is -2.74. The molecule has 21 heavy (non-hydrogen) atoms. The molecule has 0 fully saturated rings. The Bertz CT molecular complexity index is 763. The molecule has 0 aliphatic rings. The standard InChI is InChI=1S/C19H16O2/c1-13-16(20)12-17(21)19(15-10-6-3-7-11-15)18(13)14-8-4-2-5-9-14/h2-12,20-21H,1H3. The molecule has 0 aliphatic heterocycles. The Labute approximate surface area is 123 Å². The van der Waals surface area contributed by atoms with Gasteiger partial charge in [0, 0.05) is 11.6 Å². The third kappa shape index (κ3) is 2.36. The van der Waals surface area contributed by atoms with Crippen molar-refractivity contribution in [3.05, 3.63) is 72.3 Å². The fraction of sp³-hybridized carbons (Fsp3) is 0.0526. The molecule has 2 heteroatoms. The van der Waals surface area contributed by atoms with Crippen LogP contribution in [0.1, 0.15) is 5.56 Å². The number of hydrogen-bond donors (Lipinski definition) is 2. The van der Waals surface area contributed by atoms with E-state index in [2.05, 4.69) is 0 Å². The van der Waals surface area contributed by atoms with Gasteiger partial charge in [-0.25, -0.2) is 0 Å². The second-order valence-electron chi connectivity index (χ2n) is 5.02. The first-order valence-electron chi connectivity index (χ1n) is 6.85. The van der Waals surface area contributed by atoms with Gasteiger partial charge < -0.3 is 10.2 Å². The Balaban J connectivity index is 2.37. The zero-order valence-corrected chi connectivity index (χ0v) is 11.7. The quantitative estimate of drug-likeness (QED) is 0.709. The molecule has 0 bridgehead atoms. The van der Waals surface area contributed by atoms with E-state index in [1.807, 2.05) is 67.6 Å². The molecule has 0 saturated carbocycles. The fourth-order valence-electron chi connectivity index (χ4n) is 2.62. The highest BCUT2D eigenvalue weighted by Gasteiger charge is 2.17. The van der Waals surface area contributed by atoms with Crippen LogP contribution in [0.4, 0.5) is 0 Å². The van der Waals surface area contributed by atoms with E-state index in [0.29, 0.717) is 0 Å². The molecular weight excluding hydrogens is 260 g/mol. The maximum absolute atomic E-state index is 10.4. The molecule has 2 N–H and O–H groups in total. The first kappa shape index (κ1) is 13.3. The summed E-state index contributed by atoms with van der Waals surface area (Å²) < 4.78 is 0. The predicted molar refractivity (Wildman–Crippen MR) is 85.4 cm³/mol. The van der Waals surface area contributed by atoms with Crippen molar-refractivity contribution in [2.75, 3.05) is 0 Å². The number of rotatable bonds is 2. The van der Waals surface area contributed by atoms with E-state index in [1.165, 1.54) is 6.07 Å². The van der Waals surface area contributed by atoms with Gasteiger partial charge in [-0.2, -0.15) is 0 Å². The molecule has 0 amide bonds. The second-order valence-corrected chi connectivity index (χ2v) is 5.02. The number of hydrogen-bond acceptors (Lipinski definition) is 2. The largest absolute Gasteiger partial charge is 0.508 e. The summed E-state index contributed by atoms with van der Waals surface area (Å²) in [4.78, 5) is 0. The topological polar surface area (TPSA) is 40.5 Å². The van der Waals surface area contributed by atoms with E-state index in [4.69, 9.17) is 0 Å². The van der Waals surface area contributed by atoms with Crippen LogP contribution in [0.25, 0.3) is 22.3 Å². The summed E-state index contributed by atoms with van der Waals surface area (Å²) in [6.07, 6.45) is 0. The van der Waals surface area contributed by atoms with Crippen LogP contribution in [0.5, 0.6) is 11.5 Å². The van der Waals surface area contributed by atoms with E-state index < -0.39 is 0 Å². The highest BCUT2D eigenvalue weighted by atomic mass is 16.3. The van der Waals surface area contributed by atoms with E-state index in [-0.39, 0.29) is 11.5 Å². The van der Waals surface area contributed by atoms with E-state index in [9.17, 15) is 10.2 Å². The molecule has 0 spiro atoms. The van der Waals surface area contributed by atoms with Gasteiger partial charge in [0.05, 0.1) is 0 Å². The van der Waals surface area contributed by atoms with Gasteiger partial charge in [-0.3, -0.25) is 0 Å². The maximum atomic E-state index is 10.4. The van der Waals surface area contributed by atoms with Crippen LogP contribution in [-0.4, -0.2) is 10.2 Å². The lowest BCUT2D eigenvalue weighted by Gasteiger charge is -2.16. The lowest BCUT2D eigenvalue weighted by Crippen LogP contribution is -1.91. The van der Waals surface area contributed by atoms with Gasteiger partial charge in [-0.1, -0.05) is 60.7 Å². The number of phenols is 2. The Kier molecular flexibility index (Phi) is 3.36. The van der Waals surface area contributed by atoms with Crippen LogP contribution in [-0.2, 0) is 0 Å². The Morgan fingerprint density at radius 1 is 0.619 bits per heavy atom. The molecule has 0 unspecified atom stereocenters. The SMILES string of the molecule is Cc1c(O)cc(O)c(-c2ccccc2)c1-c1ccccc1. The molecule has 3 rings (SSSR count). The van der Waals surface area contributed by atoms with Crippen LogP contribution in [0.15, 0.2) is 66.7 Å². The lowest BCUT2D eigenvalue weighted by molar-refractivity contribution is 0.449. The van der Waals surface area contributed by atoms with Crippen molar-refractivity contribution >= 4 is 0 Å². The van der Waals surface area contributed by atoms with Crippen LogP contribution in [0.2, 0.25) is 0 Å². The summed E-state index contributed by atoms with van der Waals surface area (Å²) in [6.45, 7) is 1.86. The zero-order valence-electron chi connectivity index (χ0n) is 11.7. The minimum atomic E-state index is 0.0863. The lowest BCUT2D eigenvalue weighted by atomic mass is 9.90. The number of phenolic OH excluding ortho intramolecular Hbond substituents is 2. The monoisotopic (exact) mass is 276 g/mol. The van der Waals surface area contributed by atoms with Gasteiger partial charge in [0.1, 0.15) is 11.5 Å². The Morgan fingerprint density at radius 3 is 1.62 bits per heavy atom. The molecule has 3 aromatic carbocycles. The van der Waals surface area contributed by atoms with Gasteiger partial charge in [0.2, 0.25) is 0 Å². The van der Waals surface area contributed by atoms with Crippen LogP contribution in [0.3, 0.4) is 0 Å².